The second-order valence-corrected chi connectivity index (χ2v) is 6.74. The lowest BCUT2D eigenvalue weighted by Gasteiger charge is -2.01. The van der Waals surface area contributed by atoms with Gasteiger partial charge in [0.15, 0.2) is 5.65 Å². The molecule has 0 bridgehead atoms. The smallest absolute Gasteiger partial charge is 0.209 e. The van der Waals surface area contributed by atoms with Gasteiger partial charge in [0.05, 0.1) is 5.69 Å². The van der Waals surface area contributed by atoms with E-state index in [0.717, 1.165) is 14.8 Å². The molecular formula is C13H10Br2N4S. The van der Waals surface area contributed by atoms with Crippen LogP contribution < -0.4 is 5.73 Å². The Balaban J connectivity index is 1.90. The van der Waals surface area contributed by atoms with E-state index < -0.39 is 0 Å². The zero-order chi connectivity index (χ0) is 14.1. The molecule has 0 atom stereocenters. The van der Waals surface area contributed by atoms with Crippen molar-refractivity contribution in [1.29, 1.82) is 0 Å². The van der Waals surface area contributed by atoms with Gasteiger partial charge in [0.25, 0.3) is 0 Å². The number of aromatic nitrogens is 3. The molecule has 0 amide bonds. The first-order valence-corrected chi connectivity index (χ1v) is 8.39. The monoisotopic (exact) mass is 412 g/mol. The third kappa shape index (κ3) is 2.70. The molecule has 0 fully saturated rings. The summed E-state index contributed by atoms with van der Waals surface area (Å²) in [5.74, 6) is 0.830. The molecule has 0 radical (unpaired) electrons. The van der Waals surface area contributed by atoms with Gasteiger partial charge < -0.3 is 5.73 Å². The zero-order valence-corrected chi connectivity index (χ0v) is 14.2. The maximum atomic E-state index is 6.01. The number of anilines is 1. The van der Waals surface area contributed by atoms with Crippen molar-refractivity contribution in [2.24, 2.45) is 0 Å². The number of rotatable bonds is 3. The van der Waals surface area contributed by atoms with Crippen LogP contribution in [0.5, 0.6) is 0 Å². The minimum atomic E-state index is 0.590. The minimum Gasteiger partial charge on any atom is -0.395 e. The van der Waals surface area contributed by atoms with E-state index >= 15 is 0 Å². The van der Waals surface area contributed by atoms with Crippen LogP contribution in [0.3, 0.4) is 0 Å². The highest BCUT2D eigenvalue weighted by Crippen LogP contribution is 2.29. The van der Waals surface area contributed by atoms with Gasteiger partial charge in [0.2, 0.25) is 5.16 Å². The summed E-state index contributed by atoms with van der Waals surface area (Å²) in [6, 6.07) is 12.1. The highest BCUT2D eigenvalue weighted by Gasteiger charge is 2.12. The summed E-state index contributed by atoms with van der Waals surface area (Å²) in [6.45, 7) is 0. The number of halogens is 2. The lowest BCUT2D eigenvalue weighted by molar-refractivity contribution is 0.869. The number of nitrogen functional groups attached to an aromatic ring is 1. The Bertz CT molecular complexity index is 758. The molecule has 0 aliphatic carbocycles. The molecule has 0 spiro atoms. The maximum absolute atomic E-state index is 6.01. The van der Waals surface area contributed by atoms with Gasteiger partial charge in [0.1, 0.15) is 4.60 Å². The van der Waals surface area contributed by atoms with Crippen molar-refractivity contribution < 1.29 is 0 Å². The number of fused-ring (bicyclic) bond motifs is 1. The quantitative estimate of drug-likeness (QED) is 0.518. The molecular weight excluding hydrogens is 404 g/mol. The highest BCUT2D eigenvalue weighted by molar-refractivity contribution is 9.11. The first-order chi connectivity index (χ1) is 9.65. The Morgan fingerprint density at radius 1 is 1.20 bits per heavy atom. The number of hydrogen-bond donors (Lipinski definition) is 1. The molecule has 0 saturated heterocycles. The highest BCUT2D eigenvalue weighted by atomic mass is 79.9. The summed E-state index contributed by atoms with van der Waals surface area (Å²) in [7, 11) is 0. The molecule has 2 N–H and O–H groups in total. The van der Waals surface area contributed by atoms with Crippen molar-refractivity contribution in [1.82, 2.24) is 14.6 Å². The molecule has 7 heteroatoms. The second kappa shape index (κ2) is 5.75. The van der Waals surface area contributed by atoms with Gasteiger partial charge in [-0.2, -0.15) is 4.98 Å². The van der Waals surface area contributed by atoms with Crippen molar-refractivity contribution >= 4 is 55.0 Å². The molecule has 0 aliphatic rings. The van der Waals surface area contributed by atoms with Gasteiger partial charge in [-0.1, -0.05) is 42.1 Å². The summed E-state index contributed by atoms with van der Waals surface area (Å²) in [5.41, 5.74) is 8.49. The predicted octanol–water partition coefficient (Wildman–Crippen LogP) is 4.13. The van der Waals surface area contributed by atoms with Crippen LogP contribution >= 0.6 is 43.6 Å². The Hall–Kier alpha value is -1.05. The van der Waals surface area contributed by atoms with Crippen LogP contribution in [0.2, 0.25) is 0 Å². The van der Waals surface area contributed by atoms with E-state index in [-0.39, 0.29) is 0 Å². The van der Waals surface area contributed by atoms with E-state index in [1.807, 2.05) is 24.3 Å². The molecule has 0 unspecified atom stereocenters. The fraction of sp³-hybridized carbons (Fsp3) is 0.0769. The normalized spacial score (nSPS) is 11.1. The number of pyridine rings is 1. The molecule has 2 aromatic heterocycles. The van der Waals surface area contributed by atoms with Crippen molar-refractivity contribution in [3.63, 3.8) is 0 Å². The standard InChI is InChI=1S/C13H10Br2N4S/c14-9-6-10(15)19-12(11(9)16)17-13(18-19)20-7-8-4-2-1-3-5-8/h1-6H,7,16H2. The van der Waals surface area contributed by atoms with Crippen LogP contribution in [-0.2, 0) is 5.75 Å². The van der Waals surface area contributed by atoms with Crippen LogP contribution in [-0.4, -0.2) is 14.6 Å². The fourth-order valence-corrected chi connectivity index (χ4v) is 3.71. The average molecular weight is 414 g/mol. The molecule has 2 heterocycles. The van der Waals surface area contributed by atoms with Crippen molar-refractivity contribution in [2.75, 3.05) is 5.73 Å². The van der Waals surface area contributed by atoms with E-state index in [2.05, 4.69) is 54.1 Å². The van der Waals surface area contributed by atoms with E-state index in [9.17, 15) is 0 Å². The van der Waals surface area contributed by atoms with E-state index in [0.29, 0.717) is 16.5 Å². The molecule has 0 saturated carbocycles. The predicted molar refractivity (Wildman–Crippen MR) is 88.8 cm³/mol. The van der Waals surface area contributed by atoms with Crippen LogP contribution in [0.1, 0.15) is 5.56 Å². The Kier molecular flexibility index (Phi) is 4.00. The summed E-state index contributed by atoms with van der Waals surface area (Å²) in [4.78, 5) is 4.48. The van der Waals surface area contributed by atoms with Crippen LogP contribution in [0.15, 0.2) is 50.6 Å². The largest absolute Gasteiger partial charge is 0.395 e. The van der Waals surface area contributed by atoms with Gasteiger partial charge in [-0.15, -0.1) is 5.10 Å². The average Bonchev–Trinajstić information content (AvgIpc) is 2.89. The summed E-state index contributed by atoms with van der Waals surface area (Å²) >= 11 is 8.45. The molecule has 1 aromatic carbocycles. The summed E-state index contributed by atoms with van der Waals surface area (Å²) in [6.07, 6.45) is 0. The molecule has 102 valence electrons. The van der Waals surface area contributed by atoms with Gasteiger partial charge in [-0.05, 0) is 43.5 Å². The Labute approximate surface area is 137 Å². The molecule has 0 aliphatic heterocycles. The lowest BCUT2D eigenvalue weighted by atomic mass is 10.2. The Morgan fingerprint density at radius 2 is 1.95 bits per heavy atom. The van der Waals surface area contributed by atoms with E-state index in [4.69, 9.17) is 5.73 Å². The molecule has 20 heavy (non-hydrogen) atoms. The van der Waals surface area contributed by atoms with Crippen LogP contribution in [0.25, 0.3) is 5.65 Å². The van der Waals surface area contributed by atoms with Crippen molar-refractivity contribution in [2.45, 2.75) is 10.9 Å². The number of benzene rings is 1. The van der Waals surface area contributed by atoms with Crippen molar-refractivity contribution in [3.8, 4) is 0 Å². The number of hydrogen-bond acceptors (Lipinski definition) is 4. The van der Waals surface area contributed by atoms with Crippen LogP contribution in [0.4, 0.5) is 5.69 Å². The van der Waals surface area contributed by atoms with Gasteiger partial charge in [-0.3, -0.25) is 0 Å². The maximum Gasteiger partial charge on any atom is 0.209 e. The molecule has 3 rings (SSSR count). The summed E-state index contributed by atoms with van der Waals surface area (Å²) in [5, 5.41) is 5.16. The van der Waals surface area contributed by atoms with Gasteiger partial charge in [-0.25, -0.2) is 4.52 Å². The Morgan fingerprint density at radius 3 is 2.70 bits per heavy atom. The van der Waals surface area contributed by atoms with E-state index in [1.165, 1.54) is 5.56 Å². The molecule has 4 nitrogen and oxygen atoms in total. The second-order valence-electron chi connectivity index (χ2n) is 4.13. The lowest BCUT2D eigenvalue weighted by Crippen LogP contribution is -1.96. The number of nitrogens with zero attached hydrogens (tertiary/aromatic N) is 3. The zero-order valence-electron chi connectivity index (χ0n) is 10.3. The topological polar surface area (TPSA) is 56.2 Å². The first kappa shape index (κ1) is 13.9. The van der Waals surface area contributed by atoms with Crippen LogP contribution in [0, 0.1) is 0 Å². The number of thioether (sulfide) groups is 1. The first-order valence-electron chi connectivity index (χ1n) is 5.82. The summed E-state index contributed by atoms with van der Waals surface area (Å²) < 4.78 is 3.32. The fourth-order valence-electron chi connectivity index (χ4n) is 1.75. The third-order valence-corrected chi connectivity index (χ3v) is 4.87. The minimum absolute atomic E-state index is 0.590. The molecule has 3 aromatic rings. The SMILES string of the molecule is Nc1c(Br)cc(Br)n2nc(SCc3ccccc3)nc12. The van der Waals surface area contributed by atoms with Crippen molar-refractivity contribution in [3.05, 3.63) is 51.0 Å². The van der Waals surface area contributed by atoms with Gasteiger partial charge in [0, 0.05) is 10.2 Å². The van der Waals surface area contributed by atoms with E-state index in [1.54, 1.807) is 16.3 Å². The third-order valence-electron chi connectivity index (χ3n) is 2.74. The number of nitrogens with two attached hydrogens (primary N) is 1. The van der Waals surface area contributed by atoms with Gasteiger partial charge >= 0.3 is 0 Å².